The molecule has 0 aliphatic carbocycles. The van der Waals surface area contributed by atoms with Gasteiger partial charge in [0.1, 0.15) is 0 Å². The van der Waals surface area contributed by atoms with E-state index in [1.165, 1.54) is 0 Å². The van der Waals surface area contributed by atoms with E-state index < -0.39 is 5.97 Å². The Hall–Kier alpha value is -2.76. The molecule has 0 bridgehead atoms. The SMILES string of the molecule is CCOC(=O)C1=C(C)n2nc(C)c(-c3ccccc3)c2NN1. The molecule has 2 aromatic rings. The fourth-order valence-corrected chi connectivity index (χ4v) is 2.56. The number of allylic oxidation sites excluding steroid dienone is 1. The molecular formula is C16H18N4O2. The molecule has 114 valence electrons. The van der Waals surface area contributed by atoms with Gasteiger partial charge in [-0.25, -0.2) is 9.48 Å². The minimum absolute atomic E-state index is 0.331. The van der Waals surface area contributed by atoms with Gasteiger partial charge in [-0.1, -0.05) is 30.3 Å². The van der Waals surface area contributed by atoms with Crippen molar-refractivity contribution in [3.8, 4) is 11.1 Å². The molecule has 22 heavy (non-hydrogen) atoms. The Balaban J connectivity index is 2.09. The Morgan fingerprint density at radius 2 is 1.95 bits per heavy atom. The van der Waals surface area contributed by atoms with Crippen molar-refractivity contribution in [1.82, 2.24) is 15.2 Å². The maximum atomic E-state index is 12.0. The van der Waals surface area contributed by atoms with Gasteiger partial charge < -0.3 is 4.74 Å². The molecule has 0 amide bonds. The van der Waals surface area contributed by atoms with Gasteiger partial charge in [-0.05, 0) is 26.3 Å². The first-order chi connectivity index (χ1) is 10.6. The Morgan fingerprint density at radius 1 is 1.23 bits per heavy atom. The van der Waals surface area contributed by atoms with Gasteiger partial charge in [0, 0.05) is 5.56 Å². The zero-order valence-electron chi connectivity index (χ0n) is 12.8. The highest BCUT2D eigenvalue weighted by Crippen LogP contribution is 2.34. The van der Waals surface area contributed by atoms with Crippen molar-refractivity contribution in [2.75, 3.05) is 12.0 Å². The standard InChI is InChI=1S/C16H18N4O2/c1-4-22-16(21)14-11(3)20-15(18-17-14)13(10(2)19-20)12-8-6-5-7-9-12/h5-9,17-18H,4H2,1-3H3. The molecule has 2 heterocycles. The molecule has 0 saturated heterocycles. The number of carbonyl (C=O) groups is 1. The number of hydrogen-bond donors (Lipinski definition) is 2. The van der Waals surface area contributed by atoms with Crippen molar-refractivity contribution < 1.29 is 9.53 Å². The smallest absolute Gasteiger partial charge is 0.358 e. The molecule has 6 nitrogen and oxygen atoms in total. The lowest BCUT2D eigenvalue weighted by Gasteiger charge is -2.22. The van der Waals surface area contributed by atoms with Crippen LogP contribution in [0.3, 0.4) is 0 Å². The lowest BCUT2D eigenvalue weighted by molar-refractivity contribution is -0.138. The van der Waals surface area contributed by atoms with E-state index >= 15 is 0 Å². The van der Waals surface area contributed by atoms with Gasteiger partial charge in [-0.2, -0.15) is 5.10 Å². The van der Waals surface area contributed by atoms with Crippen molar-refractivity contribution in [3.05, 3.63) is 41.7 Å². The minimum atomic E-state index is -0.396. The van der Waals surface area contributed by atoms with E-state index in [2.05, 4.69) is 16.0 Å². The topological polar surface area (TPSA) is 68.2 Å². The summed E-state index contributed by atoms with van der Waals surface area (Å²) in [6.07, 6.45) is 0. The predicted molar refractivity (Wildman–Crippen MR) is 84.7 cm³/mol. The first kappa shape index (κ1) is 14.2. The average molecular weight is 298 g/mol. The molecule has 1 aromatic carbocycles. The van der Waals surface area contributed by atoms with E-state index in [-0.39, 0.29) is 0 Å². The molecule has 0 unspecified atom stereocenters. The highest BCUT2D eigenvalue weighted by Gasteiger charge is 2.26. The van der Waals surface area contributed by atoms with Gasteiger partial charge in [-0.15, -0.1) is 0 Å². The molecule has 1 aliphatic rings. The number of anilines is 1. The molecule has 1 aliphatic heterocycles. The molecule has 6 heteroatoms. The van der Waals surface area contributed by atoms with Crippen molar-refractivity contribution in [3.63, 3.8) is 0 Å². The van der Waals surface area contributed by atoms with E-state index in [4.69, 9.17) is 4.74 Å². The van der Waals surface area contributed by atoms with E-state index in [0.717, 1.165) is 22.6 Å². The second-order valence-corrected chi connectivity index (χ2v) is 5.02. The van der Waals surface area contributed by atoms with Crippen LogP contribution in [0.15, 0.2) is 36.0 Å². The Labute approximate surface area is 128 Å². The molecule has 2 N–H and O–H groups in total. The number of hydrazine groups is 1. The van der Waals surface area contributed by atoms with E-state index in [1.807, 2.05) is 44.2 Å². The summed E-state index contributed by atoms with van der Waals surface area (Å²) in [5.41, 5.74) is 10.0. The van der Waals surface area contributed by atoms with Crippen LogP contribution in [0, 0.1) is 6.92 Å². The lowest BCUT2D eigenvalue weighted by Crippen LogP contribution is -2.34. The zero-order chi connectivity index (χ0) is 15.7. The monoisotopic (exact) mass is 298 g/mol. The van der Waals surface area contributed by atoms with Crippen LogP contribution in [0.2, 0.25) is 0 Å². The Kier molecular flexibility index (Phi) is 3.58. The third kappa shape index (κ3) is 2.22. The van der Waals surface area contributed by atoms with Crippen LogP contribution in [0.25, 0.3) is 16.8 Å². The lowest BCUT2D eigenvalue weighted by atomic mass is 10.1. The summed E-state index contributed by atoms with van der Waals surface area (Å²) < 4.78 is 6.78. The molecule has 0 saturated carbocycles. The van der Waals surface area contributed by atoms with Crippen LogP contribution < -0.4 is 10.9 Å². The largest absolute Gasteiger partial charge is 0.461 e. The molecule has 0 radical (unpaired) electrons. The van der Waals surface area contributed by atoms with Crippen molar-refractivity contribution >= 4 is 17.5 Å². The van der Waals surface area contributed by atoms with Gasteiger partial charge in [0.2, 0.25) is 0 Å². The van der Waals surface area contributed by atoms with Gasteiger partial charge >= 0.3 is 5.97 Å². The number of fused-ring (bicyclic) bond motifs is 1. The fourth-order valence-electron chi connectivity index (χ4n) is 2.56. The van der Waals surface area contributed by atoms with E-state index in [0.29, 0.717) is 18.0 Å². The fraction of sp³-hybridized carbons (Fsp3) is 0.250. The normalized spacial score (nSPS) is 13.2. The molecular weight excluding hydrogens is 280 g/mol. The van der Waals surface area contributed by atoms with Gasteiger partial charge in [0.25, 0.3) is 0 Å². The van der Waals surface area contributed by atoms with E-state index in [1.54, 1.807) is 11.6 Å². The second kappa shape index (κ2) is 5.55. The van der Waals surface area contributed by atoms with Gasteiger partial charge in [-0.3, -0.25) is 10.9 Å². The maximum absolute atomic E-state index is 12.0. The molecule has 0 atom stereocenters. The molecule has 0 spiro atoms. The summed E-state index contributed by atoms with van der Waals surface area (Å²) >= 11 is 0. The summed E-state index contributed by atoms with van der Waals surface area (Å²) in [6.45, 7) is 5.90. The first-order valence-electron chi connectivity index (χ1n) is 7.19. The van der Waals surface area contributed by atoms with Crippen molar-refractivity contribution in [2.45, 2.75) is 20.8 Å². The number of aromatic nitrogens is 2. The highest BCUT2D eigenvalue weighted by atomic mass is 16.5. The van der Waals surface area contributed by atoms with Gasteiger partial charge in [0.15, 0.2) is 11.5 Å². The third-order valence-electron chi connectivity index (χ3n) is 3.59. The minimum Gasteiger partial charge on any atom is -0.461 e. The number of hydrogen-bond acceptors (Lipinski definition) is 5. The summed E-state index contributed by atoms with van der Waals surface area (Å²) in [5, 5.41) is 4.55. The van der Waals surface area contributed by atoms with Crippen LogP contribution >= 0.6 is 0 Å². The number of esters is 1. The zero-order valence-corrected chi connectivity index (χ0v) is 12.8. The van der Waals surface area contributed by atoms with Crippen LogP contribution in [-0.4, -0.2) is 22.4 Å². The number of benzene rings is 1. The average Bonchev–Trinajstić information content (AvgIpc) is 2.86. The van der Waals surface area contributed by atoms with Gasteiger partial charge in [0.05, 0.1) is 18.0 Å². The second-order valence-electron chi connectivity index (χ2n) is 5.02. The third-order valence-corrected chi connectivity index (χ3v) is 3.59. The number of ether oxygens (including phenoxy) is 1. The number of nitrogens with one attached hydrogen (secondary N) is 2. The number of nitrogens with zero attached hydrogens (tertiary/aromatic N) is 2. The maximum Gasteiger partial charge on any atom is 0.358 e. The number of rotatable bonds is 3. The van der Waals surface area contributed by atoms with E-state index in [9.17, 15) is 4.79 Å². The van der Waals surface area contributed by atoms with Crippen LogP contribution in [0.5, 0.6) is 0 Å². The summed E-state index contributed by atoms with van der Waals surface area (Å²) in [4.78, 5) is 12.0. The highest BCUT2D eigenvalue weighted by molar-refractivity contribution is 5.96. The van der Waals surface area contributed by atoms with Crippen LogP contribution in [-0.2, 0) is 9.53 Å². The molecule has 0 fully saturated rings. The van der Waals surface area contributed by atoms with Crippen molar-refractivity contribution in [2.24, 2.45) is 0 Å². The Morgan fingerprint density at radius 3 is 2.64 bits per heavy atom. The summed E-state index contributed by atoms with van der Waals surface area (Å²) in [7, 11) is 0. The van der Waals surface area contributed by atoms with Crippen LogP contribution in [0.1, 0.15) is 19.5 Å². The van der Waals surface area contributed by atoms with Crippen molar-refractivity contribution in [1.29, 1.82) is 0 Å². The molecule has 1 aromatic heterocycles. The number of aryl methyl sites for hydroxylation is 1. The number of carbonyl (C=O) groups excluding carboxylic acids is 1. The quantitative estimate of drug-likeness (QED) is 0.852. The van der Waals surface area contributed by atoms with Crippen LogP contribution in [0.4, 0.5) is 5.82 Å². The summed E-state index contributed by atoms with van der Waals surface area (Å²) in [5.74, 6) is 0.418. The Bertz CT molecular complexity index is 747. The molecule has 3 rings (SSSR count). The predicted octanol–water partition coefficient (Wildman–Crippen LogP) is 2.54. The first-order valence-corrected chi connectivity index (χ1v) is 7.19. The summed E-state index contributed by atoms with van der Waals surface area (Å²) in [6, 6.07) is 10.0.